The summed E-state index contributed by atoms with van der Waals surface area (Å²) in [6, 6.07) is 38.2. The first-order valence-corrected chi connectivity index (χ1v) is 11.5. The van der Waals surface area contributed by atoms with E-state index in [0.717, 1.165) is 28.2 Å². The van der Waals surface area contributed by atoms with Gasteiger partial charge in [0.05, 0.1) is 12.6 Å². The van der Waals surface area contributed by atoms with Gasteiger partial charge in [0.15, 0.2) is 0 Å². The monoisotopic (exact) mass is 463 g/mol. The molecule has 1 heterocycles. The molecule has 0 bridgehead atoms. The van der Waals surface area contributed by atoms with E-state index < -0.39 is 0 Å². The van der Waals surface area contributed by atoms with Crippen LogP contribution in [0.1, 0.15) is 11.1 Å². The topological polar surface area (TPSA) is 40.6 Å². The molecule has 0 aliphatic carbocycles. The molecule has 0 N–H and O–H groups in total. The number of nitrogens with zero attached hydrogens (tertiary/aromatic N) is 3. The molecule has 0 radical (unpaired) electrons. The summed E-state index contributed by atoms with van der Waals surface area (Å²) in [5, 5.41) is 9.42. The van der Waals surface area contributed by atoms with Crippen LogP contribution < -0.4 is 9.64 Å². The fourth-order valence-corrected chi connectivity index (χ4v) is 4.09. The van der Waals surface area contributed by atoms with E-state index in [4.69, 9.17) is 11.3 Å². The number of para-hydroxylation sites is 3. The van der Waals surface area contributed by atoms with Gasteiger partial charge in [-0.2, -0.15) is 0 Å². The molecule has 0 saturated carbocycles. The molecule has 4 aromatic carbocycles. The van der Waals surface area contributed by atoms with E-state index in [-0.39, 0.29) is 5.70 Å². The maximum Gasteiger partial charge on any atom is 0.269 e. The van der Waals surface area contributed by atoms with Crippen molar-refractivity contribution in [3.8, 4) is 11.8 Å². The Balaban J connectivity index is 1.44. The lowest BCUT2D eigenvalue weighted by Crippen LogP contribution is -2.09. The third kappa shape index (κ3) is 4.66. The minimum Gasteiger partial charge on any atom is -0.457 e. The molecular weight excluding hydrogens is 442 g/mol. The zero-order valence-corrected chi connectivity index (χ0v) is 19.4. The first-order valence-electron chi connectivity index (χ1n) is 11.5. The number of fused-ring (bicyclic) bond motifs is 1. The lowest BCUT2D eigenvalue weighted by atomic mass is 9.99. The Hall–Kier alpha value is -5.32. The number of benzene rings is 4. The van der Waals surface area contributed by atoms with Crippen LogP contribution in [-0.4, -0.2) is 0 Å². The van der Waals surface area contributed by atoms with Crippen molar-refractivity contribution in [3.63, 3.8) is 0 Å². The van der Waals surface area contributed by atoms with Crippen molar-refractivity contribution in [2.45, 2.75) is 0 Å². The molecule has 4 heteroatoms. The van der Waals surface area contributed by atoms with Crippen LogP contribution in [-0.2, 0) is 0 Å². The van der Waals surface area contributed by atoms with Gasteiger partial charge in [0.2, 0.25) is 0 Å². The van der Waals surface area contributed by atoms with Crippen LogP contribution >= 0.6 is 0 Å². The van der Waals surface area contributed by atoms with Gasteiger partial charge in [0.1, 0.15) is 11.5 Å². The van der Waals surface area contributed by atoms with Crippen LogP contribution in [0.25, 0.3) is 16.5 Å². The van der Waals surface area contributed by atoms with Crippen molar-refractivity contribution in [3.05, 3.63) is 155 Å². The number of rotatable bonds is 5. The van der Waals surface area contributed by atoms with Crippen molar-refractivity contribution >= 4 is 28.7 Å². The van der Waals surface area contributed by atoms with Crippen LogP contribution in [0.3, 0.4) is 0 Å². The lowest BCUT2D eigenvalue weighted by molar-refractivity contribution is 0.439. The van der Waals surface area contributed by atoms with E-state index in [2.05, 4.69) is 58.3 Å². The van der Waals surface area contributed by atoms with Crippen molar-refractivity contribution < 1.29 is 4.74 Å². The van der Waals surface area contributed by atoms with Gasteiger partial charge in [-0.15, -0.1) is 0 Å². The summed E-state index contributed by atoms with van der Waals surface area (Å²) in [5.41, 5.74) is 5.58. The first kappa shape index (κ1) is 22.5. The van der Waals surface area contributed by atoms with Crippen molar-refractivity contribution in [2.24, 2.45) is 0 Å². The minimum atomic E-state index is 0.0444. The van der Waals surface area contributed by atoms with Gasteiger partial charge >= 0.3 is 0 Å². The molecular formula is C32H21N3O. The summed E-state index contributed by atoms with van der Waals surface area (Å²) in [4.78, 5) is 5.61. The molecule has 4 nitrogen and oxygen atoms in total. The number of allylic oxidation sites excluding steroid dienone is 4. The molecule has 0 saturated heterocycles. The first-order chi connectivity index (χ1) is 17.8. The van der Waals surface area contributed by atoms with Crippen LogP contribution in [0.4, 0.5) is 17.1 Å². The number of nitriles is 1. The SMILES string of the molecule is [C-]#[N+]/C(C#N)=C1C=C(/C=C/c2ccc(N(c3ccccc3)c3ccccc3)cc2)Oc2ccccc2/1. The molecule has 0 spiro atoms. The molecule has 0 unspecified atom stereocenters. The highest BCUT2D eigenvalue weighted by atomic mass is 16.5. The normalized spacial score (nSPS) is 13.6. The van der Waals surface area contributed by atoms with E-state index in [1.165, 1.54) is 0 Å². The Morgan fingerprint density at radius 3 is 1.94 bits per heavy atom. The summed E-state index contributed by atoms with van der Waals surface area (Å²) in [6.45, 7) is 7.37. The standard InChI is InChI=1S/C32H21N3O/c1-34-31(23-33)30-22-28(36-32-15-9-8-14-29(30)32)21-18-24-16-19-27(20-17-24)35(25-10-4-2-5-11-25)26-12-6-3-7-13-26/h2-22H/b21-18+,31-30-. The molecule has 0 aromatic heterocycles. The highest BCUT2D eigenvalue weighted by Crippen LogP contribution is 2.37. The Labute approximate surface area is 210 Å². The second kappa shape index (κ2) is 10.3. The zero-order valence-electron chi connectivity index (χ0n) is 19.4. The number of hydrogen-bond acceptors (Lipinski definition) is 3. The maximum absolute atomic E-state index is 9.42. The average Bonchev–Trinajstić information content (AvgIpc) is 2.94. The Bertz CT molecular complexity index is 1500. The molecule has 0 atom stereocenters. The second-order valence-electron chi connectivity index (χ2n) is 8.06. The average molecular weight is 464 g/mol. The quantitative estimate of drug-likeness (QED) is 0.221. The highest BCUT2D eigenvalue weighted by Gasteiger charge is 2.18. The second-order valence-corrected chi connectivity index (χ2v) is 8.06. The number of anilines is 3. The third-order valence-electron chi connectivity index (χ3n) is 5.78. The van der Waals surface area contributed by atoms with Crippen LogP contribution in [0, 0.1) is 17.9 Å². The van der Waals surface area contributed by atoms with Gasteiger partial charge < -0.3 is 9.64 Å². The molecule has 170 valence electrons. The van der Waals surface area contributed by atoms with Gasteiger partial charge in [0, 0.05) is 28.2 Å². The van der Waals surface area contributed by atoms with Crippen LogP contribution in [0.2, 0.25) is 0 Å². The number of ether oxygens (including phenoxy) is 1. The predicted octanol–water partition coefficient (Wildman–Crippen LogP) is 8.30. The predicted molar refractivity (Wildman–Crippen MR) is 144 cm³/mol. The maximum atomic E-state index is 9.42. The fourth-order valence-electron chi connectivity index (χ4n) is 4.09. The van der Waals surface area contributed by atoms with E-state index in [0.29, 0.717) is 17.1 Å². The van der Waals surface area contributed by atoms with Gasteiger partial charge in [0.25, 0.3) is 5.70 Å². The van der Waals surface area contributed by atoms with Crippen molar-refractivity contribution in [1.82, 2.24) is 0 Å². The van der Waals surface area contributed by atoms with E-state index in [1.54, 1.807) is 6.08 Å². The van der Waals surface area contributed by atoms with Gasteiger partial charge in [-0.05, 0) is 60.2 Å². The molecule has 4 aromatic rings. The van der Waals surface area contributed by atoms with Gasteiger partial charge in [-0.3, -0.25) is 0 Å². The van der Waals surface area contributed by atoms with E-state index in [1.807, 2.05) is 78.9 Å². The summed E-state index contributed by atoms with van der Waals surface area (Å²) >= 11 is 0. The van der Waals surface area contributed by atoms with E-state index >= 15 is 0 Å². The molecule has 1 aliphatic heterocycles. The minimum absolute atomic E-state index is 0.0444. The van der Waals surface area contributed by atoms with Crippen molar-refractivity contribution in [2.75, 3.05) is 4.90 Å². The van der Waals surface area contributed by atoms with E-state index in [9.17, 15) is 5.26 Å². The Morgan fingerprint density at radius 1 is 0.750 bits per heavy atom. The molecule has 0 amide bonds. The summed E-state index contributed by atoms with van der Waals surface area (Å²) in [5.74, 6) is 1.20. The summed E-state index contributed by atoms with van der Waals surface area (Å²) in [6.07, 6.45) is 5.56. The molecule has 5 rings (SSSR count). The smallest absolute Gasteiger partial charge is 0.269 e. The largest absolute Gasteiger partial charge is 0.457 e. The molecule has 1 aliphatic rings. The summed E-state index contributed by atoms with van der Waals surface area (Å²) in [7, 11) is 0. The van der Waals surface area contributed by atoms with Gasteiger partial charge in [-0.25, -0.2) is 10.1 Å². The zero-order chi connectivity index (χ0) is 24.7. The highest BCUT2D eigenvalue weighted by molar-refractivity contribution is 5.86. The lowest BCUT2D eigenvalue weighted by Gasteiger charge is -2.25. The third-order valence-corrected chi connectivity index (χ3v) is 5.78. The van der Waals surface area contributed by atoms with Crippen LogP contribution in [0.5, 0.6) is 5.75 Å². The fraction of sp³-hybridized carbons (Fsp3) is 0. The van der Waals surface area contributed by atoms with Crippen LogP contribution in [0.15, 0.2) is 133 Å². The Morgan fingerprint density at radius 2 is 1.33 bits per heavy atom. The Kier molecular flexibility index (Phi) is 6.43. The molecule has 0 fully saturated rings. The summed E-state index contributed by atoms with van der Waals surface area (Å²) < 4.78 is 6.02. The molecule has 36 heavy (non-hydrogen) atoms. The van der Waals surface area contributed by atoms with Gasteiger partial charge in [-0.1, -0.05) is 72.8 Å². The van der Waals surface area contributed by atoms with Crippen molar-refractivity contribution in [1.29, 1.82) is 5.26 Å². The number of hydrogen-bond donors (Lipinski definition) is 0.